The summed E-state index contributed by atoms with van der Waals surface area (Å²) in [6.07, 6.45) is 0.566. The summed E-state index contributed by atoms with van der Waals surface area (Å²) in [5, 5.41) is 14.5. The van der Waals surface area contributed by atoms with Crippen LogP contribution in [-0.4, -0.2) is 35.2 Å². The lowest BCUT2D eigenvalue weighted by Crippen LogP contribution is -2.13. The van der Waals surface area contributed by atoms with Crippen LogP contribution in [0.5, 0.6) is 11.5 Å². The van der Waals surface area contributed by atoms with Crippen molar-refractivity contribution in [2.45, 2.75) is 26.7 Å². The van der Waals surface area contributed by atoms with Crippen molar-refractivity contribution >= 4 is 34.5 Å². The molecule has 0 aliphatic heterocycles. The van der Waals surface area contributed by atoms with Crippen molar-refractivity contribution in [2.24, 2.45) is 0 Å². The van der Waals surface area contributed by atoms with Gasteiger partial charge in [-0.15, -0.1) is 10.2 Å². The molecule has 3 aromatic rings. The number of rotatable bonds is 10. The third-order valence-electron chi connectivity index (χ3n) is 4.09. The standard InChI is InChI=1S/C22H24N4O4S/c1-3-29-16-10-11-18(30-4-2)17(14-16)24-19(27)12-13-20-25-26-22(31-20)21(28)23-15-8-6-5-7-9-15/h5-11,14H,3-4,12-13H2,1-2H3,(H,23,28)(H,24,27). The SMILES string of the molecule is CCOc1ccc(OCC)c(NC(=O)CCc2nnc(C(=O)Nc3ccccc3)s2)c1. The Morgan fingerprint density at radius 3 is 2.48 bits per heavy atom. The highest BCUT2D eigenvalue weighted by Crippen LogP contribution is 2.29. The molecule has 3 rings (SSSR count). The zero-order chi connectivity index (χ0) is 22.1. The average Bonchev–Trinajstić information content (AvgIpc) is 3.24. The second kappa shape index (κ2) is 11.1. The number of hydrogen-bond acceptors (Lipinski definition) is 7. The first-order chi connectivity index (χ1) is 15.1. The largest absolute Gasteiger partial charge is 0.494 e. The van der Waals surface area contributed by atoms with Crippen LogP contribution in [0.25, 0.3) is 0 Å². The summed E-state index contributed by atoms with van der Waals surface area (Å²) >= 11 is 1.17. The van der Waals surface area contributed by atoms with Gasteiger partial charge >= 0.3 is 0 Å². The van der Waals surface area contributed by atoms with Gasteiger partial charge in [0.05, 0.1) is 18.9 Å². The van der Waals surface area contributed by atoms with Crippen molar-refractivity contribution in [3.05, 3.63) is 58.5 Å². The Labute approximate surface area is 184 Å². The predicted octanol–water partition coefficient (Wildman–Crippen LogP) is 4.16. The molecule has 0 fully saturated rings. The number of aromatic nitrogens is 2. The Hall–Kier alpha value is -3.46. The van der Waals surface area contributed by atoms with Crippen LogP contribution in [0.3, 0.4) is 0 Å². The summed E-state index contributed by atoms with van der Waals surface area (Å²) in [5.74, 6) is 0.711. The molecule has 2 amide bonds. The molecule has 0 atom stereocenters. The maximum Gasteiger partial charge on any atom is 0.286 e. The fraction of sp³-hybridized carbons (Fsp3) is 0.273. The minimum atomic E-state index is -0.325. The van der Waals surface area contributed by atoms with Gasteiger partial charge < -0.3 is 20.1 Å². The molecular weight excluding hydrogens is 416 g/mol. The minimum absolute atomic E-state index is 0.194. The molecule has 0 radical (unpaired) electrons. The van der Waals surface area contributed by atoms with Gasteiger partial charge in [-0.3, -0.25) is 9.59 Å². The molecule has 2 N–H and O–H groups in total. The number of carbonyl (C=O) groups excluding carboxylic acids is 2. The first-order valence-electron chi connectivity index (χ1n) is 9.97. The number of nitrogens with one attached hydrogen (secondary N) is 2. The Morgan fingerprint density at radius 1 is 0.968 bits per heavy atom. The van der Waals surface area contributed by atoms with Gasteiger partial charge in [-0.05, 0) is 38.1 Å². The van der Waals surface area contributed by atoms with Crippen LogP contribution >= 0.6 is 11.3 Å². The van der Waals surface area contributed by atoms with Crippen molar-refractivity contribution < 1.29 is 19.1 Å². The van der Waals surface area contributed by atoms with E-state index in [9.17, 15) is 9.59 Å². The molecule has 162 valence electrons. The van der Waals surface area contributed by atoms with Crippen LogP contribution < -0.4 is 20.1 Å². The van der Waals surface area contributed by atoms with Gasteiger partial charge in [-0.2, -0.15) is 0 Å². The normalized spacial score (nSPS) is 10.4. The topological polar surface area (TPSA) is 102 Å². The Kier molecular flexibility index (Phi) is 7.94. The highest BCUT2D eigenvalue weighted by molar-refractivity contribution is 7.13. The van der Waals surface area contributed by atoms with Gasteiger partial charge in [0.2, 0.25) is 10.9 Å². The fourth-order valence-electron chi connectivity index (χ4n) is 2.73. The zero-order valence-electron chi connectivity index (χ0n) is 17.4. The van der Waals surface area contributed by atoms with Gasteiger partial charge in [-0.1, -0.05) is 29.5 Å². The van der Waals surface area contributed by atoms with Crippen LogP contribution in [-0.2, 0) is 11.2 Å². The lowest BCUT2D eigenvalue weighted by Gasteiger charge is -2.13. The number of aryl methyl sites for hydroxylation is 1. The van der Waals surface area contributed by atoms with E-state index in [0.717, 1.165) is 0 Å². The highest BCUT2D eigenvalue weighted by atomic mass is 32.1. The summed E-state index contributed by atoms with van der Waals surface area (Å²) in [7, 11) is 0. The Balaban J connectivity index is 1.56. The molecule has 0 bridgehead atoms. The number of anilines is 2. The van der Waals surface area contributed by atoms with E-state index in [1.54, 1.807) is 30.3 Å². The van der Waals surface area contributed by atoms with Crippen LogP contribution in [0.1, 0.15) is 35.1 Å². The van der Waals surface area contributed by atoms with Crippen LogP contribution in [0.2, 0.25) is 0 Å². The van der Waals surface area contributed by atoms with E-state index in [1.165, 1.54) is 11.3 Å². The van der Waals surface area contributed by atoms with Crippen LogP contribution in [0, 0.1) is 0 Å². The molecule has 1 heterocycles. The number of nitrogens with zero attached hydrogens (tertiary/aromatic N) is 2. The molecular formula is C22H24N4O4S. The van der Waals surface area contributed by atoms with Crippen LogP contribution in [0.15, 0.2) is 48.5 Å². The van der Waals surface area contributed by atoms with Crippen molar-refractivity contribution in [3.63, 3.8) is 0 Å². The Morgan fingerprint density at radius 2 is 1.74 bits per heavy atom. The summed E-state index contributed by atoms with van der Waals surface area (Å²) in [4.78, 5) is 24.7. The van der Waals surface area contributed by atoms with Crippen LogP contribution in [0.4, 0.5) is 11.4 Å². The molecule has 1 aromatic heterocycles. The molecule has 0 spiro atoms. The number of carbonyl (C=O) groups is 2. The molecule has 9 heteroatoms. The molecule has 31 heavy (non-hydrogen) atoms. The van der Waals surface area contributed by atoms with Crippen molar-refractivity contribution in [3.8, 4) is 11.5 Å². The molecule has 0 saturated heterocycles. The second-order valence-electron chi connectivity index (χ2n) is 6.39. The fourth-order valence-corrected chi connectivity index (χ4v) is 3.46. The quantitative estimate of drug-likeness (QED) is 0.491. The van der Waals surface area contributed by atoms with Gasteiger partial charge in [0, 0.05) is 24.6 Å². The summed E-state index contributed by atoms with van der Waals surface area (Å²) in [5.41, 5.74) is 1.24. The number of amides is 2. The monoisotopic (exact) mass is 440 g/mol. The number of benzene rings is 2. The highest BCUT2D eigenvalue weighted by Gasteiger charge is 2.15. The van der Waals surface area contributed by atoms with E-state index in [4.69, 9.17) is 9.47 Å². The van der Waals surface area contributed by atoms with Crippen molar-refractivity contribution in [2.75, 3.05) is 23.8 Å². The van der Waals surface area contributed by atoms with Gasteiger partial charge in [0.15, 0.2) is 0 Å². The van der Waals surface area contributed by atoms with E-state index >= 15 is 0 Å². The molecule has 8 nitrogen and oxygen atoms in total. The smallest absolute Gasteiger partial charge is 0.286 e. The van der Waals surface area contributed by atoms with Crippen molar-refractivity contribution in [1.29, 1.82) is 0 Å². The number of hydrogen-bond donors (Lipinski definition) is 2. The molecule has 0 aliphatic rings. The van der Waals surface area contributed by atoms with E-state index in [2.05, 4.69) is 20.8 Å². The van der Waals surface area contributed by atoms with E-state index < -0.39 is 0 Å². The lowest BCUT2D eigenvalue weighted by molar-refractivity contribution is -0.116. The molecule has 2 aromatic carbocycles. The lowest BCUT2D eigenvalue weighted by atomic mass is 10.2. The van der Waals surface area contributed by atoms with E-state index in [-0.39, 0.29) is 23.2 Å². The minimum Gasteiger partial charge on any atom is -0.494 e. The molecule has 0 saturated carbocycles. The van der Waals surface area contributed by atoms with E-state index in [0.29, 0.717) is 47.5 Å². The zero-order valence-corrected chi connectivity index (χ0v) is 18.2. The second-order valence-corrected chi connectivity index (χ2v) is 7.46. The Bertz CT molecular complexity index is 1020. The molecule has 0 aliphatic carbocycles. The van der Waals surface area contributed by atoms with Gasteiger partial charge in [0.25, 0.3) is 5.91 Å². The average molecular weight is 441 g/mol. The third-order valence-corrected chi connectivity index (χ3v) is 5.08. The summed E-state index contributed by atoms with van der Waals surface area (Å²) in [6.45, 7) is 4.78. The summed E-state index contributed by atoms with van der Waals surface area (Å²) < 4.78 is 11.1. The molecule has 0 unspecified atom stereocenters. The number of ether oxygens (including phenoxy) is 2. The maximum atomic E-state index is 12.5. The first kappa shape index (κ1) is 22.2. The van der Waals surface area contributed by atoms with Gasteiger partial charge in [-0.25, -0.2) is 0 Å². The van der Waals surface area contributed by atoms with E-state index in [1.807, 2.05) is 32.0 Å². The number of para-hydroxylation sites is 1. The predicted molar refractivity (Wildman–Crippen MR) is 120 cm³/mol. The maximum absolute atomic E-state index is 12.5. The third kappa shape index (κ3) is 6.51. The first-order valence-corrected chi connectivity index (χ1v) is 10.8. The van der Waals surface area contributed by atoms with Crippen molar-refractivity contribution in [1.82, 2.24) is 10.2 Å². The summed E-state index contributed by atoms with van der Waals surface area (Å²) in [6, 6.07) is 14.4. The van der Waals surface area contributed by atoms with Gasteiger partial charge in [0.1, 0.15) is 16.5 Å².